The average molecular weight is 442 g/mol. The normalized spacial score (nSPS) is 18.1. The summed E-state index contributed by atoms with van der Waals surface area (Å²) in [5, 5.41) is 0. The molecule has 28 heavy (non-hydrogen) atoms. The molecule has 3 rings (SSSR count). The van der Waals surface area contributed by atoms with E-state index in [-0.39, 0.29) is 12.0 Å². The van der Waals surface area contributed by atoms with Gasteiger partial charge < -0.3 is 9.64 Å². The number of ether oxygens (including phenoxy) is 1. The molecule has 146 valence electrons. The van der Waals surface area contributed by atoms with Crippen molar-refractivity contribution >= 4 is 33.3 Å². The highest BCUT2D eigenvalue weighted by Crippen LogP contribution is 2.35. The Morgan fingerprint density at radius 3 is 2.68 bits per heavy atom. The van der Waals surface area contributed by atoms with E-state index in [1.54, 1.807) is 6.20 Å². The van der Waals surface area contributed by atoms with Crippen LogP contribution >= 0.6 is 15.9 Å². The summed E-state index contributed by atoms with van der Waals surface area (Å²) in [6, 6.07) is 11.7. The Morgan fingerprint density at radius 2 is 2.04 bits per heavy atom. The molecule has 1 aliphatic rings. The molecule has 0 bridgehead atoms. The van der Waals surface area contributed by atoms with E-state index >= 15 is 0 Å². The first-order valence-corrected chi connectivity index (χ1v) is 10.2. The summed E-state index contributed by atoms with van der Waals surface area (Å²) in [5.74, 6) is -0.307. The maximum Gasteiger partial charge on any atom is 0.335 e. The van der Waals surface area contributed by atoms with Crippen molar-refractivity contribution in [3.8, 4) is 0 Å². The first-order valence-electron chi connectivity index (χ1n) is 9.42. The van der Waals surface area contributed by atoms with Crippen LogP contribution in [0.1, 0.15) is 39.0 Å². The SMILES string of the molecule is CCOC(=O)/C(C)=C1\[C@H](C)N=C(c2ccccn2)c2cc(Br)ccc2N1CC. The summed E-state index contributed by atoms with van der Waals surface area (Å²) in [6.07, 6.45) is 1.77. The van der Waals surface area contributed by atoms with Crippen LogP contribution in [0.4, 0.5) is 5.69 Å². The Balaban J connectivity index is 2.29. The minimum absolute atomic E-state index is 0.229. The van der Waals surface area contributed by atoms with Gasteiger partial charge in [0, 0.05) is 22.8 Å². The maximum absolute atomic E-state index is 12.5. The zero-order chi connectivity index (χ0) is 20.3. The summed E-state index contributed by atoms with van der Waals surface area (Å²) >= 11 is 3.58. The van der Waals surface area contributed by atoms with E-state index in [4.69, 9.17) is 9.73 Å². The molecule has 2 heterocycles. The molecule has 0 N–H and O–H groups in total. The van der Waals surface area contributed by atoms with E-state index < -0.39 is 0 Å². The number of aliphatic imine (C=N–C) groups is 1. The smallest absolute Gasteiger partial charge is 0.335 e. The van der Waals surface area contributed by atoms with Crippen molar-refractivity contribution in [2.24, 2.45) is 4.99 Å². The molecule has 0 fully saturated rings. The van der Waals surface area contributed by atoms with Gasteiger partial charge in [-0.3, -0.25) is 9.98 Å². The van der Waals surface area contributed by atoms with Crippen molar-refractivity contribution in [3.63, 3.8) is 0 Å². The Morgan fingerprint density at radius 1 is 1.25 bits per heavy atom. The van der Waals surface area contributed by atoms with Crippen molar-refractivity contribution in [2.75, 3.05) is 18.1 Å². The highest BCUT2D eigenvalue weighted by Gasteiger charge is 2.30. The standard InChI is InChI=1S/C22H24BrN3O2/c1-5-26-19-11-10-16(23)13-17(19)20(18-9-7-8-12-24-18)25-15(4)21(26)14(3)22(27)28-6-2/h7-13,15H,5-6H2,1-4H3/b21-14+/t15-/m0/s1. The van der Waals surface area contributed by atoms with Gasteiger partial charge in [0.2, 0.25) is 0 Å². The topological polar surface area (TPSA) is 54.8 Å². The van der Waals surface area contributed by atoms with E-state index in [9.17, 15) is 4.79 Å². The number of benzene rings is 1. The number of carbonyl (C=O) groups excluding carboxylic acids is 1. The third-order valence-electron chi connectivity index (χ3n) is 4.70. The van der Waals surface area contributed by atoms with Gasteiger partial charge in [0.05, 0.1) is 41.0 Å². The number of pyridine rings is 1. The fourth-order valence-electron chi connectivity index (χ4n) is 3.52. The Labute approximate surface area is 174 Å². The molecule has 0 amide bonds. The van der Waals surface area contributed by atoms with Crippen molar-refractivity contribution in [2.45, 2.75) is 33.7 Å². The van der Waals surface area contributed by atoms with E-state index in [0.29, 0.717) is 18.7 Å². The highest BCUT2D eigenvalue weighted by atomic mass is 79.9. The second-order valence-electron chi connectivity index (χ2n) is 6.51. The van der Waals surface area contributed by atoms with Gasteiger partial charge in [-0.1, -0.05) is 22.0 Å². The van der Waals surface area contributed by atoms with Gasteiger partial charge >= 0.3 is 5.97 Å². The van der Waals surface area contributed by atoms with Crippen LogP contribution in [0.2, 0.25) is 0 Å². The maximum atomic E-state index is 12.5. The second-order valence-corrected chi connectivity index (χ2v) is 7.42. The third-order valence-corrected chi connectivity index (χ3v) is 5.20. The number of likely N-dealkylation sites (N-methyl/N-ethyl adjacent to an activating group) is 1. The molecule has 0 radical (unpaired) electrons. The van der Waals surface area contributed by atoms with Crippen molar-refractivity contribution in [1.82, 2.24) is 4.98 Å². The van der Waals surface area contributed by atoms with Crippen molar-refractivity contribution < 1.29 is 9.53 Å². The molecule has 0 spiro atoms. The quantitative estimate of drug-likeness (QED) is 0.507. The lowest BCUT2D eigenvalue weighted by atomic mass is 10.0. The first kappa shape index (κ1) is 20.3. The number of benzodiazepines with no additional fused rings is 1. The van der Waals surface area contributed by atoms with Crippen LogP contribution in [0.25, 0.3) is 0 Å². The monoisotopic (exact) mass is 441 g/mol. The van der Waals surface area contributed by atoms with Gasteiger partial charge in [-0.25, -0.2) is 4.79 Å². The highest BCUT2D eigenvalue weighted by molar-refractivity contribution is 9.10. The van der Waals surface area contributed by atoms with E-state index in [1.807, 2.05) is 45.0 Å². The fourth-order valence-corrected chi connectivity index (χ4v) is 3.88. The van der Waals surface area contributed by atoms with Gasteiger partial charge in [0.1, 0.15) is 0 Å². The minimum Gasteiger partial charge on any atom is -0.463 e. The van der Waals surface area contributed by atoms with Gasteiger partial charge in [-0.2, -0.15) is 0 Å². The largest absolute Gasteiger partial charge is 0.463 e. The Bertz CT molecular complexity index is 938. The van der Waals surface area contributed by atoms with Crippen LogP contribution in [-0.4, -0.2) is 35.9 Å². The number of esters is 1. The number of carbonyl (C=O) groups is 1. The molecule has 2 aromatic rings. The molecular weight excluding hydrogens is 418 g/mol. The van der Waals surface area contributed by atoms with Crippen LogP contribution < -0.4 is 4.90 Å². The Kier molecular flexibility index (Phi) is 6.29. The number of halogens is 1. The third kappa shape index (κ3) is 3.87. The predicted octanol–water partition coefficient (Wildman–Crippen LogP) is 4.75. The molecule has 1 aliphatic heterocycles. The molecular formula is C22H24BrN3O2. The molecule has 1 aromatic heterocycles. The number of aromatic nitrogens is 1. The van der Waals surface area contributed by atoms with Gasteiger partial charge in [-0.05, 0) is 58.0 Å². The van der Waals surface area contributed by atoms with E-state index in [0.717, 1.165) is 32.8 Å². The summed E-state index contributed by atoms with van der Waals surface area (Å²) in [6.45, 7) is 8.75. The van der Waals surface area contributed by atoms with Gasteiger partial charge in [0.15, 0.2) is 0 Å². The van der Waals surface area contributed by atoms with Crippen LogP contribution in [0.15, 0.2) is 63.3 Å². The summed E-state index contributed by atoms with van der Waals surface area (Å²) < 4.78 is 6.23. The summed E-state index contributed by atoms with van der Waals surface area (Å²) in [5.41, 5.74) is 5.03. The number of fused-ring (bicyclic) bond motifs is 1. The van der Waals surface area contributed by atoms with Crippen LogP contribution in [-0.2, 0) is 9.53 Å². The van der Waals surface area contributed by atoms with E-state index in [1.165, 1.54) is 0 Å². The Hall–Kier alpha value is -2.47. The minimum atomic E-state index is -0.307. The molecule has 0 saturated heterocycles. The lowest BCUT2D eigenvalue weighted by molar-refractivity contribution is -0.138. The van der Waals surface area contributed by atoms with Crippen LogP contribution in [0.5, 0.6) is 0 Å². The zero-order valence-corrected chi connectivity index (χ0v) is 18.2. The number of anilines is 1. The van der Waals surface area contributed by atoms with Gasteiger partial charge in [-0.15, -0.1) is 0 Å². The molecule has 1 atom stereocenters. The number of hydrogen-bond acceptors (Lipinski definition) is 5. The fraction of sp³-hybridized carbons (Fsp3) is 0.318. The lowest BCUT2D eigenvalue weighted by Gasteiger charge is -2.29. The van der Waals surface area contributed by atoms with Crippen molar-refractivity contribution in [3.05, 3.63) is 69.6 Å². The first-order chi connectivity index (χ1) is 13.5. The van der Waals surface area contributed by atoms with E-state index in [2.05, 4.69) is 44.9 Å². The molecule has 0 aliphatic carbocycles. The molecule has 5 nitrogen and oxygen atoms in total. The lowest BCUT2D eigenvalue weighted by Crippen LogP contribution is -2.30. The molecule has 0 unspecified atom stereocenters. The van der Waals surface area contributed by atoms with Gasteiger partial charge in [0.25, 0.3) is 0 Å². The predicted molar refractivity (Wildman–Crippen MR) is 116 cm³/mol. The zero-order valence-electron chi connectivity index (χ0n) is 16.6. The number of hydrogen-bond donors (Lipinski definition) is 0. The molecule has 0 saturated carbocycles. The number of rotatable bonds is 4. The number of nitrogens with zero attached hydrogens (tertiary/aromatic N) is 3. The average Bonchev–Trinajstić information content (AvgIpc) is 2.82. The van der Waals surface area contributed by atoms with Crippen LogP contribution in [0.3, 0.4) is 0 Å². The molecule has 1 aromatic carbocycles. The molecule has 6 heteroatoms. The van der Waals surface area contributed by atoms with Crippen molar-refractivity contribution in [1.29, 1.82) is 0 Å². The second kappa shape index (κ2) is 8.69. The summed E-state index contributed by atoms with van der Waals surface area (Å²) in [7, 11) is 0. The van der Waals surface area contributed by atoms with Crippen LogP contribution in [0, 0.1) is 0 Å². The summed E-state index contributed by atoms with van der Waals surface area (Å²) in [4.78, 5) is 24.2.